The zero-order valence-electron chi connectivity index (χ0n) is 13.8. The van der Waals surface area contributed by atoms with Crippen LogP contribution in [-0.2, 0) is 9.84 Å². The average molecular weight is 377 g/mol. The highest BCUT2D eigenvalue weighted by Gasteiger charge is 2.49. The van der Waals surface area contributed by atoms with E-state index in [9.17, 15) is 22.9 Å². The van der Waals surface area contributed by atoms with Crippen LogP contribution in [0.15, 0.2) is 30.5 Å². The highest BCUT2D eigenvalue weighted by atomic mass is 32.2. The van der Waals surface area contributed by atoms with Crippen molar-refractivity contribution in [2.45, 2.75) is 13.0 Å². The quantitative estimate of drug-likeness (QED) is 0.827. The molecule has 1 saturated heterocycles. The summed E-state index contributed by atoms with van der Waals surface area (Å²) in [6, 6.07) is 6.67. The molecule has 8 nitrogen and oxygen atoms in total. The van der Waals surface area contributed by atoms with E-state index in [1.54, 1.807) is 6.92 Å². The van der Waals surface area contributed by atoms with Crippen molar-refractivity contribution in [3.8, 4) is 6.07 Å². The maximum atomic E-state index is 13.0. The van der Waals surface area contributed by atoms with Crippen LogP contribution in [0.3, 0.4) is 0 Å². The molecule has 0 radical (unpaired) electrons. The third kappa shape index (κ3) is 3.25. The molecule has 0 spiro atoms. The molecule has 1 aliphatic heterocycles. The summed E-state index contributed by atoms with van der Waals surface area (Å²) in [6.45, 7) is 1.54. The molecule has 0 unspecified atom stereocenters. The molecule has 2 atom stereocenters. The summed E-state index contributed by atoms with van der Waals surface area (Å²) >= 11 is 0. The molecule has 1 aliphatic rings. The average Bonchev–Trinajstić information content (AvgIpc) is 3.08. The summed E-state index contributed by atoms with van der Waals surface area (Å²) in [4.78, 5) is 11.7. The number of sulfone groups is 1. The number of primary amides is 1. The van der Waals surface area contributed by atoms with Crippen molar-refractivity contribution in [1.82, 2.24) is 9.78 Å². The highest BCUT2D eigenvalue weighted by Crippen LogP contribution is 2.40. The molecule has 2 heterocycles. The summed E-state index contributed by atoms with van der Waals surface area (Å²) in [6.07, 6.45) is 1.33. The Balaban J connectivity index is 2.01. The number of nitrogens with one attached hydrogen (secondary N) is 1. The minimum Gasteiger partial charge on any atom is -0.365 e. The monoisotopic (exact) mass is 377 g/mol. The van der Waals surface area contributed by atoms with Gasteiger partial charge in [-0.05, 0) is 31.2 Å². The van der Waals surface area contributed by atoms with Gasteiger partial charge in [0, 0.05) is 11.9 Å². The summed E-state index contributed by atoms with van der Waals surface area (Å²) < 4.78 is 38.3. The van der Waals surface area contributed by atoms with Crippen LogP contribution in [0.25, 0.3) is 0 Å². The van der Waals surface area contributed by atoms with Crippen LogP contribution in [-0.4, -0.2) is 35.6 Å². The number of nitriles is 1. The molecule has 10 heteroatoms. The smallest absolute Gasteiger partial charge is 0.254 e. The van der Waals surface area contributed by atoms with Gasteiger partial charge in [-0.2, -0.15) is 10.4 Å². The van der Waals surface area contributed by atoms with E-state index in [0.29, 0.717) is 5.69 Å². The first kappa shape index (κ1) is 17.9. The van der Waals surface area contributed by atoms with Crippen molar-refractivity contribution in [1.29, 1.82) is 5.26 Å². The van der Waals surface area contributed by atoms with Gasteiger partial charge in [0.2, 0.25) is 0 Å². The number of hydrogen-bond acceptors (Lipinski definition) is 6. The van der Waals surface area contributed by atoms with E-state index >= 15 is 0 Å². The molecule has 3 rings (SSSR count). The van der Waals surface area contributed by atoms with E-state index in [4.69, 9.17) is 5.73 Å². The number of hydrogen-bond donors (Lipinski definition) is 2. The third-order valence-electron chi connectivity index (χ3n) is 4.35. The topological polar surface area (TPSA) is 131 Å². The maximum absolute atomic E-state index is 13.0. The largest absolute Gasteiger partial charge is 0.365 e. The normalized spacial score (nSPS) is 24.1. The first-order chi connectivity index (χ1) is 12.1. The summed E-state index contributed by atoms with van der Waals surface area (Å²) in [7, 11) is -3.41. The van der Waals surface area contributed by atoms with Crippen LogP contribution in [0.4, 0.5) is 15.9 Å². The molecular weight excluding hydrogens is 361 g/mol. The molecule has 1 aromatic heterocycles. The van der Waals surface area contributed by atoms with Crippen molar-refractivity contribution in [2.24, 2.45) is 11.1 Å². The van der Waals surface area contributed by atoms with Gasteiger partial charge in [0.1, 0.15) is 11.4 Å². The van der Waals surface area contributed by atoms with Gasteiger partial charge in [-0.1, -0.05) is 0 Å². The number of anilines is 2. The van der Waals surface area contributed by atoms with E-state index in [2.05, 4.69) is 10.4 Å². The summed E-state index contributed by atoms with van der Waals surface area (Å²) in [5, 5.41) is 16.5. The fraction of sp³-hybridized carbons (Fsp3) is 0.312. The van der Waals surface area contributed by atoms with Crippen molar-refractivity contribution >= 4 is 27.2 Å². The van der Waals surface area contributed by atoms with Crippen molar-refractivity contribution < 1.29 is 17.6 Å². The first-order valence-electron chi connectivity index (χ1n) is 7.67. The van der Waals surface area contributed by atoms with Gasteiger partial charge in [0.05, 0.1) is 29.0 Å². The summed E-state index contributed by atoms with van der Waals surface area (Å²) in [5.41, 5.74) is 4.72. The molecule has 2 aromatic rings. The number of benzene rings is 1. The lowest BCUT2D eigenvalue weighted by Gasteiger charge is -2.22. The Labute approximate surface area is 149 Å². The van der Waals surface area contributed by atoms with Gasteiger partial charge in [-0.3, -0.25) is 9.48 Å². The van der Waals surface area contributed by atoms with Crippen molar-refractivity contribution in [3.63, 3.8) is 0 Å². The number of carbonyl (C=O) groups is 1. The lowest BCUT2D eigenvalue weighted by atomic mass is 9.87. The SMILES string of the molecule is C[C@@]1(C#N)CS(=O)(=O)C[C@@H]1n1cc(C(N)=O)c(Nc2ccc(F)cc2)n1. The van der Waals surface area contributed by atoms with Crippen LogP contribution in [0.1, 0.15) is 23.3 Å². The predicted octanol–water partition coefficient (Wildman–Crippen LogP) is 1.36. The second-order valence-electron chi connectivity index (χ2n) is 6.47. The Hall–Kier alpha value is -2.93. The number of nitrogens with zero attached hydrogens (tertiary/aromatic N) is 3. The second kappa shape index (κ2) is 6.10. The van der Waals surface area contributed by atoms with E-state index in [-0.39, 0.29) is 22.9 Å². The van der Waals surface area contributed by atoms with E-state index in [1.807, 2.05) is 6.07 Å². The van der Waals surface area contributed by atoms with Crippen molar-refractivity contribution in [3.05, 3.63) is 41.8 Å². The number of nitrogens with two attached hydrogens (primary N) is 1. The second-order valence-corrected chi connectivity index (χ2v) is 8.58. The molecule has 0 aliphatic carbocycles. The molecule has 1 amide bonds. The molecule has 0 bridgehead atoms. The predicted molar refractivity (Wildman–Crippen MR) is 91.8 cm³/mol. The Kier molecular flexibility index (Phi) is 4.20. The zero-order valence-corrected chi connectivity index (χ0v) is 14.6. The fourth-order valence-electron chi connectivity index (χ4n) is 3.01. The number of rotatable bonds is 4. The van der Waals surface area contributed by atoms with Gasteiger partial charge in [0.25, 0.3) is 5.91 Å². The lowest BCUT2D eigenvalue weighted by molar-refractivity contribution is 0.100. The number of amides is 1. The van der Waals surface area contributed by atoms with Crippen LogP contribution in [0.5, 0.6) is 0 Å². The standard InChI is InChI=1S/C16H16FN5O3S/c1-16(8-18)9-26(24,25)7-13(16)22-6-12(14(19)23)15(21-22)20-11-4-2-10(17)3-5-11/h2-6,13H,7,9H2,1H3,(H2,19,23)(H,20,21)/t13-,16+/m0/s1. The Morgan fingerprint density at radius 1 is 1.46 bits per heavy atom. The van der Waals surface area contributed by atoms with Crippen LogP contribution < -0.4 is 11.1 Å². The van der Waals surface area contributed by atoms with E-state index in [0.717, 1.165) is 0 Å². The minimum atomic E-state index is -3.41. The van der Waals surface area contributed by atoms with Crippen LogP contribution in [0, 0.1) is 22.6 Å². The molecule has 26 heavy (non-hydrogen) atoms. The first-order valence-corrected chi connectivity index (χ1v) is 9.49. The van der Waals surface area contributed by atoms with Crippen LogP contribution in [0.2, 0.25) is 0 Å². The minimum absolute atomic E-state index is 0.0407. The van der Waals surface area contributed by atoms with Crippen molar-refractivity contribution in [2.75, 3.05) is 16.8 Å². The maximum Gasteiger partial charge on any atom is 0.254 e. The Bertz CT molecular complexity index is 1010. The van der Waals surface area contributed by atoms with E-state index < -0.39 is 33.0 Å². The molecule has 1 aromatic carbocycles. The zero-order chi connectivity index (χ0) is 19.1. The van der Waals surface area contributed by atoms with Gasteiger partial charge in [-0.25, -0.2) is 12.8 Å². The molecule has 3 N–H and O–H groups in total. The highest BCUT2D eigenvalue weighted by molar-refractivity contribution is 7.91. The number of carbonyl (C=O) groups excluding carboxylic acids is 1. The van der Waals surface area contributed by atoms with Gasteiger partial charge in [-0.15, -0.1) is 0 Å². The molecule has 1 fully saturated rings. The third-order valence-corrected chi connectivity index (χ3v) is 6.21. The van der Waals surface area contributed by atoms with Gasteiger partial charge < -0.3 is 11.1 Å². The number of halogens is 1. The molecule has 0 saturated carbocycles. The van der Waals surface area contributed by atoms with Gasteiger partial charge in [0.15, 0.2) is 15.7 Å². The molecule has 136 valence electrons. The number of aromatic nitrogens is 2. The Morgan fingerprint density at radius 2 is 2.12 bits per heavy atom. The fourth-order valence-corrected chi connectivity index (χ4v) is 5.30. The summed E-state index contributed by atoms with van der Waals surface area (Å²) in [5.74, 6) is -1.62. The van der Waals surface area contributed by atoms with Gasteiger partial charge >= 0.3 is 0 Å². The van der Waals surface area contributed by atoms with E-state index in [1.165, 1.54) is 35.1 Å². The molecular formula is C16H16FN5O3S. The lowest BCUT2D eigenvalue weighted by Crippen LogP contribution is -2.27. The Morgan fingerprint density at radius 3 is 2.69 bits per heavy atom. The van der Waals surface area contributed by atoms with Crippen LogP contribution >= 0.6 is 0 Å².